The molecule has 1 rings (SSSR count). The normalized spacial score (nSPS) is 12.0. The summed E-state index contributed by atoms with van der Waals surface area (Å²) in [5, 5.41) is 21.1. The van der Waals surface area contributed by atoms with Gasteiger partial charge in [-0.05, 0) is 44.0 Å². The number of thioether (sulfide) groups is 1. The van der Waals surface area contributed by atoms with E-state index < -0.39 is 0 Å². The molecule has 1 aromatic rings. The monoisotopic (exact) mass is 230 g/mol. The van der Waals surface area contributed by atoms with Crippen LogP contribution in [0.4, 0.5) is 0 Å². The Hall–Kier alpha value is -0.620. The molecule has 0 aromatic carbocycles. The van der Waals surface area contributed by atoms with E-state index in [0.717, 1.165) is 23.8 Å². The maximum atomic E-state index is 8.65. The van der Waals surface area contributed by atoms with Gasteiger partial charge in [0.1, 0.15) is 0 Å². The lowest BCUT2D eigenvalue weighted by Gasteiger charge is -2.19. The molecule has 0 amide bonds. The molecule has 0 fully saturated rings. The van der Waals surface area contributed by atoms with Gasteiger partial charge in [0, 0.05) is 12.4 Å². The van der Waals surface area contributed by atoms with Crippen LogP contribution in [0.2, 0.25) is 0 Å². The first kappa shape index (κ1) is 12.4. The van der Waals surface area contributed by atoms with Crippen molar-refractivity contribution in [3.05, 3.63) is 0 Å². The van der Waals surface area contributed by atoms with Crippen LogP contribution in [0.5, 0.6) is 0 Å². The molecule has 1 aromatic heterocycles. The number of aliphatic hydroxyl groups excluding tert-OH is 1. The molecule has 0 unspecified atom stereocenters. The van der Waals surface area contributed by atoms with E-state index in [4.69, 9.17) is 5.11 Å². The lowest BCUT2D eigenvalue weighted by molar-refractivity contribution is 0.287. The zero-order valence-corrected chi connectivity index (χ0v) is 10.3. The minimum atomic E-state index is -0.0805. The van der Waals surface area contributed by atoms with Gasteiger partial charge in [-0.3, -0.25) is 0 Å². The predicted molar refractivity (Wildman–Crippen MR) is 59.9 cm³/mol. The van der Waals surface area contributed by atoms with E-state index in [1.54, 1.807) is 11.8 Å². The van der Waals surface area contributed by atoms with Crippen molar-refractivity contribution in [2.45, 2.75) is 44.3 Å². The number of aliphatic hydroxyl groups is 1. The van der Waals surface area contributed by atoms with Crippen molar-refractivity contribution < 1.29 is 5.11 Å². The molecule has 0 bridgehead atoms. The minimum absolute atomic E-state index is 0.0805. The number of hydrogen-bond acceptors (Lipinski definition) is 5. The Morgan fingerprint density at radius 1 is 1.33 bits per heavy atom. The summed E-state index contributed by atoms with van der Waals surface area (Å²) in [6.07, 6.45) is 1.82. The van der Waals surface area contributed by atoms with Crippen LogP contribution in [0.15, 0.2) is 5.16 Å². The zero-order valence-electron chi connectivity index (χ0n) is 9.47. The summed E-state index contributed by atoms with van der Waals surface area (Å²) in [4.78, 5) is 0. The van der Waals surface area contributed by atoms with E-state index in [2.05, 4.69) is 36.3 Å². The molecular formula is C9H18N4OS. The van der Waals surface area contributed by atoms with Crippen LogP contribution < -0.4 is 0 Å². The highest BCUT2D eigenvalue weighted by Crippen LogP contribution is 2.21. The molecule has 0 saturated carbocycles. The van der Waals surface area contributed by atoms with Gasteiger partial charge in [-0.1, -0.05) is 11.8 Å². The Bertz CT molecular complexity index is 295. The maximum Gasteiger partial charge on any atom is 0.209 e. The van der Waals surface area contributed by atoms with E-state index in [9.17, 15) is 0 Å². The van der Waals surface area contributed by atoms with Gasteiger partial charge in [0.05, 0.1) is 5.54 Å². The number of hydrogen-bond donors (Lipinski definition) is 1. The van der Waals surface area contributed by atoms with Gasteiger partial charge in [0.2, 0.25) is 5.16 Å². The number of nitrogens with zero attached hydrogens (tertiary/aromatic N) is 4. The van der Waals surface area contributed by atoms with Crippen LogP contribution in [0.1, 0.15) is 33.6 Å². The van der Waals surface area contributed by atoms with Gasteiger partial charge in [0.15, 0.2) is 0 Å². The summed E-state index contributed by atoms with van der Waals surface area (Å²) >= 11 is 1.64. The molecule has 86 valence electrons. The third-order valence-electron chi connectivity index (χ3n) is 1.86. The Morgan fingerprint density at radius 3 is 2.67 bits per heavy atom. The van der Waals surface area contributed by atoms with Crippen LogP contribution in [-0.4, -0.2) is 37.7 Å². The van der Waals surface area contributed by atoms with E-state index in [-0.39, 0.29) is 12.1 Å². The molecule has 1 N–H and O–H groups in total. The quantitative estimate of drug-likeness (QED) is 0.610. The third kappa shape index (κ3) is 3.79. The number of unbranched alkanes of at least 4 members (excludes halogenated alkanes) is 1. The SMILES string of the molecule is CC(C)(C)n1nnnc1SCCCCO. The minimum Gasteiger partial charge on any atom is -0.396 e. The smallest absolute Gasteiger partial charge is 0.209 e. The molecule has 1 heterocycles. The summed E-state index contributed by atoms with van der Waals surface area (Å²) in [6.45, 7) is 6.47. The van der Waals surface area contributed by atoms with Gasteiger partial charge in [-0.2, -0.15) is 0 Å². The molecule has 0 saturated heterocycles. The van der Waals surface area contributed by atoms with Crippen molar-refractivity contribution in [1.82, 2.24) is 20.2 Å². The van der Waals surface area contributed by atoms with Crippen molar-refractivity contribution in [2.75, 3.05) is 12.4 Å². The van der Waals surface area contributed by atoms with E-state index in [0.29, 0.717) is 0 Å². The highest BCUT2D eigenvalue weighted by Gasteiger charge is 2.19. The fourth-order valence-electron chi connectivity index (χ4n) is 1.07. The van der Waals surface area contributed by atoms with Gasteiger partial charge >= 0.3 is 0 Å². The topological polar surface area (TPSA) is 63.8 Å². The summed E-state index contributed by atoms with van der Waals surface area (Å²) in [5.74, 6) is 0.941. The number of tetrazole rings is 1. The van der Waals surface area contributed by atoms with Crippen molar-refractivity contribution in [3.8, 4) is 0 Å². The number of rotatable bonds is 5. The molecule has 0 aliphatic rings. The van der Waals surface area contributed by atoms with Crippen LogP contribution in [0.3, 0.4) is 0 Å². The second kappa shape index (κ2) is 5.46. The largest absolute Gasteiger partial charge is 0.396 e. The summed E-state index contributed by atoms with van der Waals surface area (Å²) in [6, 6.07) is 0. The Labute approximate surface area is 94.3 Å². The zero-order chi connectivity index (χ0) is 11.3. The van der Waals surface area contributed by atoms with Gasteiger partial charge in [-0.15, -0.1) is 5.10 Å². The maximum absolute atomic E-state index is 8.65. The van der Waals surface area contributed by atoms with Crippen LogP contribution >= 0.6 is 11.8 Å². The fourth-order valence-corrected chi connectivity index (χ4v) is 2.13. The van der Waals surface area contributed by atoms with Crippen molar-refractivity contribution >= 4 is 11.8 Å². The third-order valence-corrected chi connectivity index (χ3v) is 2.87. The summed E-state index contributed by atoms with van der Waals surface area (Å²) in [7, 11) is 0. The second-order valence-electron chi connectivity index (χ2n) is 4.32. The molecule has 0 atom stereocenters. The second-order valence-corrected chi connectivity index (χ2v) is 5.39. The van der Waals surface area contributed by atoms with Crippen molar-refractivity contribution in [2.24, 2.45) is 0 Å². The van der Waals surface area contributed by atoms with E-state index in [1.807, 2.05) is 4.68 Å². The van der Waals surface area contributed by atoms with Crippen molar-refractivity contribution in [1.29, 1.82) is 0 Å². The lowest BCUT2D eigenvalue weighted by atomic mass is 10.1. The van der Waals surface area contributed by atoms with Crippen LogP contribution in [0, 0.1) is 0 Å². The average molecular weight is 230 g/mol. The molecule has 6 heteroatoms. The van der Waals surface area contributed by atoms with E-state index >= 15 is 0 Å². The number of aromatic nitrogens is 4. The summed E-state index contributed by atoms with van der Waals surface area (Å²) < 4.78 is 1.83. The van der Waals surface area contributed by atoms with Crippen LogP contribution in [-0.2, 0) is 5.54 Å². The van der Waals surface area contributed by atoms with Gasteiger partial charge in [0.25, 0.3) is 0 Å². The molecule has 5 nitrogen and oxygen atoms in total. The van der Waals surface area contributed by atoms with Crippen LogP contribution in [0.25, 0.3) is 0 Å². The van der Waals surface area contributed by atoms with Gasteiger partial charge in [-0.25, -0.2) is 4.68 Å². The Kier molecular flexibility index (Phi) is 4.53. The first-order valence-electron chi connectivity index (χ1n) is 5.08. The Morgan fingerprint density at radius 2 is 2.07 bits per heavy atom. The fraction of sp³-hybridized carbons (Fsp3) is 0.889. The standard InChI is InChI=1S/C9H18N4OS/c1-9(2,3)13-8(10-11-12-13)15-7-5-4-6-14/h14H,4-7H2,1-3H3. The molecule has 15 heavy (non-hydrogen) atoms. The van der Waals surface area contributed by atoms with E-state index in [1.165, 1.54) is 0 Å². The van der Waals surface area contributed by atoms with Gasteiger partial charge < -0.3 is 5.11 Å². The lowest BCUT2D eigenvalue weighted by Crippen LogP contribution is -2.24. The average Bonchev–Trinajstić information content (AvgIpc) is 2.59. The molecule has 0 radical (unpaired) electrons. The highest BCUT2D eigenvalue weighted by molar-refractivity contribution is 7.99. The first-order valence-corrected chi connectivity index (χ1v) is 6.07. The summed E-state index contributed by atoms with van der Waals surface area (Å²) in [5.41, 5.74) is -0.0805. The Balaban J connectivity index is 2.51. The highest BCUT2D eigenvalue weighted by atomic mass is 32.2. The molecule has 0 aliphatic heterocycles. The molecule has 0 spiro atoms. The molecular weight excluding hydrogens is 212 g/mol. The van der Waals surface area contributed by atoms with Crippen molar-refractivity contribution in [3.63, 3.8) is 0 Å². The first-order chi connectivity index (χ1) is 7.05. The molecule has 0 aliphatic carbocycles. The predicted octanol–water partition coefficient (Wildman–Crippen LogP) is 1.29.